The number of H-pyrrole nitrogens is 1. The number of nitrogens with one attached hydrogen (secondary N) is 1. The van der Waals surface area contributed by atoms with E-state index in [9.17, 15) is 19.2 Å². The number of aromatic amines is 1. The molecule has 0 aliphatic rings. The summed E-state index contributed by atoms with van der Waals surface area (Å²) < 4.78 is 17.8. The summed E-state index contributed by atoms with van der Waals surface area (Å²) in [6.07, 6.45) is 0.679. The summed E-state index contributed by atoms with van der Waals surface area (Å²) in [5, 5.41) is 3.80. The molecule has 0 aliphatic carbocycles. The number of rotatable bonds is 11. The first kappa shape index (κ1) is 28.1. The van der Waals surface area contributed by atoms with Crippen molar-refractivity contribution in [1.82, 2.24) is 19.3 Å². The standard InChI is InChI=1S/C31H28N4O7/c1-3-16-41-28-17-27(37)34(19-26(36)22-12-14-23(40-2)15-13-22)31(39)35(28)18-20-8-10-21(11-9-20)24-6-4-5-7-25(24)29-32-30(38)42-33-29/h4-15,17H,3,16,18-19H2,1-2H3,(H,32,33,38). The maximum atomic E-state index is 13.6. The Labute approximate surface area is 239 Å². The summed E-state index contributed by atoms with van der Waals surface area (Å²) >= 11 is 0. The van der Waals surface area contributed by atoms with Gasteiger partial charge in [0.05, 0.1) is 32.9 Å². The fraction of sp³-hybridized carbons (Fsp3) is 0.194. The molecule has 42 heavy (non-hydrogen) atoms. The third kappa shape index (κ3) is 5.99. The minimum atomic E-state index is -0.653. The molecule has 0 atom stereocenters. The van der Waals surface area contributed by atoms with Gasteiger partial charge in [-0.15, -0.1) is 0 Å². The van der Waals surface area contributed by atoms with Crippen molar-refractivity contribution in [3.8, 4) is 34.1 Å². The van der Waals surface area contributed by atoms with Gasteiger partial charge >= 0.3 is 11.4 Å². The van der Waals surface area contributed by atoms with Crippen molar-refractivity contribution in [3.05, 3.63) is 121 Å². The van der Waals surface area contributed by atoms with E-state index in [0.717, 1.165) is 21.3 Å². The van der Waals surface area contributed by atoms with Crippen LogP contribution in [0.3, 0.4) is 0 Å². The highest BCUT2D eigenvalue weighted by molar-refractivity contribution is 5.96. The number of nitrogens with zero attached hydrogens (tertiary/aromatic N) is 3. The van der Waals surface area contributed by atoms with Crippen LogP contribution >= 0.6 is 0 Å². The van der Waals surface area contributed by atoms with Crippen molar-refractivity contribution in [2.75, 3.05) is 13.7 Å². The molecular weight excluding hydrogens is 540 g/mol. The van der Waals surface area contributed by atoms with Crippen molar-refractivity contribution >= 4 is 5.78 Å². The van der Waals surface area contributed by atoms with Gasteiger partial charge in [0.15, 0.2) is 11.6 Å². The highest BCUT2D eigenvalue weighted by Crippen LogP contribution is 2.30. The molecule has 1 N–H and O–H groups in total. The quantitative estimate of drug-likeness (QED) is 0.238. The van der Waals surface area contributed by atoms with Gasteiger partial charge in [0, 0.05) is 11.1 Å². The molecule has 0 unspecified atom stereocenters. The largest absolute Gasteiger partial charge is 0.497 e. The smallest absolute Gasteiger partial charge is 0.439 e. The molecule has 0 bridgehead atoms. The lowest BCUT2D eigenvalue weighted by Crippen LogP contribution is -2.41. The molecule has 0 radical (unpaired) electrons. The van der Waals surface area contributed by atoms with Crippen molar-refractivity contribution in [3.63, 3.8) is 0 Å². The Kier molecular flexibility index (Phi) is 8.28. The second-order valence-corrected chi connectivity index (χ2v) is 9.46. The van der Waals surface area contributed by atoms with Crippen LogP contribution in [0, 0.1) is 0 Å². The lowest BCUT2D eigenvalue weighted by molar-refractivity contribution is 0.0968. The Bertz CT molecular complexity index is 1880. The molecule has 0 fully saturated rings. The lowest BCUT2D eigenvalue weighted by Gasteiger charge is -2.16. The Hall–Kier alpha value is -5.45. The summed E-state index contributed by atoms with van der Waals surface area (Å²) in [7, 11) is 1.52. The topological polar surface area (TPSA) is 138 Å². The van der Waals surface area contributed by atoms with E-state index in [1.165, 1.54) is 17.7 Å². The Balaban J connectivity index is 1.45. The minimum absolute atomic E-state index is 0.105. The van der Waals surface area contributed by atoms with E-state index in [1.807, 2.05) is 55.5 Å². The van der Waals surface area contributed by atoms with E-state index < -0.39 is 23.5 Å². The number of ketones is 1. The molecule has 2 aromatic heterocycles. The number of ether oxygens (including phenoxy) is 2. The van der Waals surface area contributed by atoms with Gasteiger partial charge in [-0.2, -0.15) is 0 Å². The van der Waals surface area contributed by atoms with Crippen LogP contribution in [0.15, 0.2) is 97.8 Å². The van der Waals surface area contributed by atoms with E-state index in [2.05, 4.69) is 14.7 Å². The van der Waals surface area contributed by atoms with Crippen LogP contribution in [-0.2, 0) is 13.1 Å². The molecule has 0 spiro atoms. The summed E-state index contributed by atoms with van der Waals surface area (Å²) in [5.41, 5.74) is 2.20. The van der Waals surface area contributed by atoms with Gasteiger partial charge in [-0.25, -0.2) is 9.59 Å². The van der Waals surface area contributed by atoms with Crippen LogP contribution in [0.5, 0.6) is 11.6 Å². The molecule has 0 aliphatic heterocycles. The van der Waals surface area contributed by atoms with Gasteiger partial charge in [0.1, 0.15) is 5.75 Å². The van der Waals surface area contributed by atoms with Gasteiger partial charge in [-0.1, -0.05) is 60.6 Å². The van der Waals surface area contributed by atoms with Gasteiger partial charge in [0.2, 0.25) is 5.88 Å². The number of methoxy groups -OCH3 is 1. The third-order valence-corrected chi connectivity index (χ3v) is 6.64. The maximum Gasteiger partial charge on any atom is 0.439 e. The fourth-order valence-corrected chi connectivity index (χ4v) is 4.48. The van der Waals surface area contributed by atoms with E-state index in [1.54, 1.807) is 24.3 Å². The lowest BCUT2D eigenvalue weighted by atomic mass is 9.98. The van der Waals surface area contributed by atoms with Crippen molar-refractivity contribution in [2.45, 2.75) is 26.4 Å². The summed E-state index contributed by atoms with van der Waals surface area (Å²) in [5.74, 6) is 0.00158. The second-order valence-electron chi connectivity index (χ2n) is 9.46. The maximum absolute atomic E-state index is 13.6. The highest BCUT2D eigenvalue weighted by atomic mass is 16.5. The van der Waals surface area contributed by atoms with Crippen molar-refractivity contribution in [1.29, 1.82) is 0 Å². The van der Waals surface area contributed by atoms with Gasteiger partial charge in [-0.3, -0.25) is 28.2 Å². The zero-order valence-electron chi connectivity index (χ0n) is 23.0. The third-order valence-electron chi connectivity index (χ3n) is 6.64. The van der Waals surface area contributed by atoms with Crippen LogP contribution in [0.2, 0.25) is 0 Å². The fourth-order valence-electron chi connectivity index (χ4n) is 4.48. The van der Waals surface area contributed by atoms with Crippen LogP contribution in [0.4, 0.5) is 0 Å². The minimum Gasteiger partial charge on any atom is -0.497 e. The van der Waals surface area contributed by atoms with Crippen LogP contribution in [0.25, 0.3) is 22.5 Å². The number of benzene rings is 3. The molecule has 11 heteroatoms. The van der Waals surface area contributed by atoms with Crippen molar-refractivity contribution in [2.24, 2.45) is 0 Å². The molecule has 0 saturated heterocycles. The first-order chi connectivity index (χ1) is 20.4. The predicted octanol–water partition coefficient (Wildman–Crippen LogP) is 3.75. The van der Waals surface area contributed by atoms with Gasteiger partial charge < -0.3 is 9.47 Å². The van der Waals surface area contributed by atoms with Gasteiger partial charge in [-0.05, 0) is 47.4 Å². The molecule has 5 aromatic rings. The number of aromatic nitrogens is 4. The van der Waals surface area contributed by atoms with Crippen LogP contribution in [-0.4, -0.2) is 38.8 Å². The SMILES string of the molecule is CCCOc1cc(=O)n(CC(=O)c2ccc(OC)cc2)c(=O)n1Cc1ccc(-c2ccccc2-c2noc(=O)[nH]2)cc1. The molecule has 2 heterocycles. The van der Waals surface area contributed by atoms with E-state index in [4.69, 9.17) is 9.47 Å². The van der Waals surface area contributed by atoms with E-state index in [-0.39, 0.29) is 18.2 Å². The molecule has 0 saturated carbocycles. The Morgan fingerprint density at radius 2 is 1.64 bits per heavy atom. The average molecular weight is 569 g/mol. The second kappa shape index (κ2) is 12.4. The number of hydrogen-bond acceptors (Lipinski definition) is 8. The normalized spacial score (nSPS) is 10.9. The monoisotopic (exact) mass is 568 g/mol. The van der Waals surface area contributed by atoms with E-state index in [0.29, 0.717) is 35.7 Å². The summed E-state index contributed by atoms with van der Waals surface area (Å²) in [6.45, 7) is 1.92. The molecule has 11 nitrogen and oxygen atoms in total. The molecule has 0 amide bonds. The van der Waals surface area contributed by atoms with Crippen molar-refractivity contribution < 1.29 is 18.8 Å². The molecule has 3 aromatic carbocycles. The first-order valence-corrected chi connectivity index (χ1v) is 13.3. The van der Waals surface area contributed by atoms with E-state index >= 15 is 0 Å². The van der Waals surface area contributed by atoms with Crippen LogP contribution < -0.4 is 26.5 Å². The zero-order chi connectivity index (χ0) is 29.6. The number of carbonyl (C=O) groups is 1. The summed E-state index contributed by atoms with van der Waals surface area (Å²) in [6, 6.07) is 22.6. The molecule has 214 valence electrons. The summed E-state index contributed by atoms with van der Waals surface area (Å²) in [4.78, 5) is 53.5. The number of Topliss-reactive ketones (excluding diaryl/α,β-unsaturated/α-hetero) is 1. The predicted molar refractivity (Wildman–Crippen MR) is 155 cm³/mol. The highest BCUT2D eigenvalue weighted by Gasteiger charge is 2.17. The zero-order valence-corrected chi connectivity index (χ0v) is 23.0. The average Bonchev–Trinajstić information content (AvgIpc) is 3.46. The number of hydrogen-bond donors (Lipinski definition) is 1. The molecular formula is C31H28N4O7. The van der Waals surface area contributed by atoms with Gasteiger partial charge in [0.25, 0.3) is 5.56 Å². The van der Waals surface area contributed by atoms with Crippen LogP contribution in [0.1, 0.15) is 29.3 Å². The molecule has 5 rings (SSSR count). The Morgan fingerprint density at radius 1 is 0.929 bits per heavy atom. The Morgan fingerprint density at radius 3 is 2.29 bits per heavy atom. The first-order valence-electron chi connectivity index (χ1n) is 13.3. The number of carbonyl (C=O) groups excluding carboxylic acids is 1.